The van der Waals surface area contributed by atoms with Crippen molar-refractivity contribution >= 4 is 21.7 Å². The molecule has 0 atom stereocenters. The normalized spacial score (nSPS) is 11.3. The molecule has 0 saturated carbocycles. The summed E-state index contributed by atoms with van der Waals surface area (Å²) in [5.74, 6) is -0.203. The number of nitrogens with one attached hydrogen (secondary N) is 1. The van der Waals surface area contributed by atoms with Crippen LogP contribution in [0.5, 0.6) is 5.75 Å². The third-order valence-corrected chi connectivity index (χ3v) is 5.20. The minimum absolute atomic E-state index is 0.0184. The van der Waals surface area contributed by atoms with Crippen LogP contribution in [0.15, 0.2) is 47.4 Å². The number of hydrogen-bond acceptors (Lipinski definition) is 5. The molecule has 0 spiro atoms. The summed E-state index contributed by atoms with van der Waals surface area (Å²) in [6.45, 7) is 5.83. The molecule has 0 radical (unpaired) electrons. The largest absolute Gasteiger partial charge is 0.495 e. The van der Waals surface area contributed by atoms with E-state index in [2.05, 4.69) is 4.72 Å². The molecule has 0 heterocycles. The summed E-state index contributed by atoms with van der Waals surface area (Å²) >= 11 is 0. The van der Waals surface area contributed by atoms with Gasteiger partial charge in [-0.3, -0.25) is 4.72 Å². The number of methoxy groups -OCH3 is 1. The number of esters is 1. The van der Waals surface area contributed by atoms with Gasteiger partial charge in [-0.25, -0.2) is 13.2 Å². The lowest BCUT2D eigenvalue weighted by Crippen LogP contribution is -2.17. The zero-order valence-electron chi connectivity index (χ0n) is 15.3. The highest BCUT2D eigenvalue weighted by Gasteiger charge is 2.23. The monoisotopic (exact) mass is 377 g/mol. The number of rotatable bonds is 7. The first-order valence-electron chi connectivity index (χ1n) is 8.27. The highest BCUT2D eigenvalue weighted by molar-refractivity contribution is 7.92. The van der Waals surface area contributed by atoms with E-state index in [0.29, 0.717) is 0 Å². The molecule has 0 amide bonds. The summed E-state index contributed by atoms with van der Waals surface area (Å²) in [5.41, 5.74) is 1.17. The molecule has 7 heteroatoms. The second kappa shape index (κ2) is 8.23. The Labute approximate surface area is 154 Å². The van der Waals surface area contributed by atoms with E-state index >= 15 is 0 Å². The van der Waals surface area contributed by atoms with Crippen molar-refractivity contribution in [2.45, 2.75) is 31.6 Å². The van der Waals surface area contributed by atoms with Gasteiger partial charge in [0.2, 0.25) is 0 Å². The van der Waals surface area contributed by atoms with Crippen molar-refractivity contribution in [1.82, 2.24) is 0 Å². The van der Waals surface area contributed by atoms with Gasteiger partial charge in [0, 0.05) is 0 Å². The van der Waals surface area contributed by atoms with E-state index in [1.54, 1.807) is 31.2 Å². The molecule has 0 saturated heterocycles. The third kappa shape index (κ3) is 4.35. The number of anilines is 1. The number of benzene rings is 2. The Morgan fingerprint density at radius 2 is 1.85 bits per heavy atom. The van der Waals surface area contributed by atoms with Gasteiger partial charge >= 0.3 is 5.97 Å². The highest BCUT2D eigenvalue weighted by atomic mass is 32.2. The molecule has 2 aromatic carbocycles. The Balaban J connectivity index is 2.48. The molecule has 2 rings (SSSR count). The Morgan fingerprint density at radius 1 is 1.15 bits per heavy atom. The van der Waals surface area contributed by atoms with Gasteiger partial charge in [0.25, 0.3) is 10.0 Å². The Bertz CT molecular complexity index is 891. The van der Waals surface area contributed by atoms with E-state index in [9.17, 15) is 13.2 Å². The van der Waals surface area contributed by atoms with Crippen LogP contribution < -0.4 is 9.46 Å². The fourth-order valence-electron chi connectivity index (χ4n) is 2.42. The summed E-state index contributed by atoms with van der Waals surface area (Å²) in [7, 11) is -2.55. The van der Waals surface area contributed by atoms with Crippen LogP contribution >= 0.6 is 0 Å². The van der Waals surface area contributed by atoms with Crippen LogP contribution in [0.3, 0.4) is 0 Å². The predicted octanol–water partition coefficient (Wildman–Crippen LogP) is 3.80. The van der Waals surface area contributed by atoms with Crippen molar-refractivity contribution in [3.8, 4) is 5.75 Å². The molecule has 26 heavy (non-hydrogen) atoms. The fraction of sp³-hybridized carbons (Fsp3) is 0.316. The van der Waals surface area contributed by atoms with Crippen molar-refractivity contribution in [3.05, 3.63) is 53.6 Å². The number of para-hydroxylation sites is 1. The predicted molar refractivity (Wildman–Crippen MR) is 100 cm³/mol. The van der Waals surface area contributed by atoms with Gasteiger partial charge in [0.1, 0.15) is 10.6 Å². The van der Waals surface area contributed by atoms with E-state index in [-0.39, 0.29) is 34.4 Å². The molecule has 0 aromatic heterocycles. The van der Waals surface area contributed by atoms with E-state index in [0.717, 1.165) is 5.56 Å². The number of carbonyl (C=O) groups excluding carboxylic acids is 1. The number of sulfonamides is 1. The summed E-state index contributed by atoms with van der Waals surface area (Å²) in [5, 5.41) is 0. The van der Waals surface area contributed by atoms with Gasteiger partial charge in [0.15, 0.2) is 0 Å². The summed E-state index contributed by atoms with van der Waals surface area (Å²) in [6, 6.07) is 11.3. The third-order valence-electron chi connectivity index (χ3n) is 3.81. The summed E-state index contributed by atoms with van der Waals surface area (Å²) < 4.78 is 38.6. The highest BCUT2D eigenvalue weighted by Crippen LogP contribution is 2.30. The van der Waals surface area contributed by atoms with E-state index in [1.807, 2.05) is 19.9 Å². The molecular weight excluding hydrogens is 354 g/mol. The zero-order chi connectivity index (χ0) is 19.3. The van der Waals surface area contributed by atoms with E-state index in [1.165, 1.54) is 19.2 Å². The minimum Gasteiger partial charge on any atom is -0.495 e. The number of hydrogen-bond donors (Lipinski definition) is 1. The molecule has 1 N–H and O–H groups in total. The Hall–Kier alpha value is -2.54. The maximum Gasteiger partial charge on any atom is 0.340 e. The lowest BCUT2D eigenvalue weighted by atomic mass is 10.0. The molecular formula is C19H23NO5S. The summed E-state index contributed by atoms with van der Waals surface area (Å²) in [6.07, 6.45) is 0. The second-order valence-corrected chi connectivity index (χ2v) is 7.59. The van der Waals surface area contributed by atoms with Gasteiger partial charge in [-0.05, 0) is 42.7 Å². The SMILES string of the molecule is CCOC(=O)c1ccccc1NS(=O)(=O)c1cc(C(C)C)ccc1OC. The van der Waals surface area contributed by atoms with Gasteiger partial charge in [-0.2, -0.15) is 0 Å². The van der Waals surface area contributed by atoms with Crippen molar-refractivity contribution in [2.24, 2.45) is 0 Å². The van der Waals surface area contributed by atoms with Gasteiger partial charge in [-0.15, -0.1) is 0 Å². The first-order chi connectivity index (χ1) is 12.3. The van der Waals surface area contributed by atoms with E-state index in [4.69, 9.17) is 9.47 Å². The van der Waals surface area contributed by atoms with Crippen LogP contribution in [0.4, 0.5) is 5.69 Å². The van der Waals surface area contributed by atoms with Crippen molar-refractivity contribution in [1.29, 1.82) is 0 Å². The average molecular weight is 377 g/mol. The van der Waals surface area contributed by atoms with Crippen LogP contribution in [0.2, 0.25) is 0 Å². The standard InChI is InChI=1S/C19H23NO5S/c1-5-25-19(21)15-8-6-7-9-16(15)20-26(22,23)18-12-14(13(2)3)10-11-17(18)24-4/h6-13,20H,5H2,1-4H3. The first kappa shape index (κ1) is 19.8. The van der Waals surface area contributed by atoms with Crippen LogP contribution in [0.1, 0.15) is 42.6 Å². The Morgan fingerprint density at radius 3 is 2.46 bits per heavy atom. The van der Waals surface area contributed by atoms with Crippen LogP contribution in [0.25, 0.3) is 0 Å². The molecule has 0 aliphatic rings. The molecule has 0 aliphatic heterocycles. The lowest BCUT2D eigenvalue weighted by Gasteiger charge is -2.16. The molecule has 0 unspecified atom stereocenters. The van der Waals surface area contributed by atoms with Gasteiger partial charge in [-0.1, -0.05) is 32.0 Å². The van der Waals surface area contributed by atoms with Gasteiger partial charge < -0.3 is 9.47 Å². The maximum atomic E-state index is 12.9. The maximum absolute atomic E-state index is 12.9. The number of ether oxygens (including phenoxy) is 2. The fourth-order valence-corrected chi connectivity index (χ4v) is 3.71. The van der Waals surface area contributed by atoms with Gasteiger partial charge in [0.05, 0.1) is 25.0 Å². The number of carbonyl (C=O) groups is 1. The Kier molecular flexibility index (Phi) is 6.26. The molecule has 2 aromatic rings. The zero-order valence-corrected chi connectivity index (χ0v) is 16.1. The molecule has 0 fully saturated rings. The molecule has 6 nitrogen and oxygen atoms in total. The van der Waals surface area contributed by atoms with Crippen molar-refractivity contribution in [2.75, 3.05) is 18.4 Å². The molecule has 0 bridgehead atoms. The van der Waals surface area contributed by atoms with Crippen LogP contribution in [0, 0.1) is 0 Å². The lowest BCUT2D eigenvalue weighted by molar-refractivity contribution is 0.0527. The minimum atomic E-state index is -3.97. The quantitative estimate of drug-likeness (QED) is 0.742. The molecule has 140 valence electrons. The second-order valence-electron chi connectivity index (χ2n) is 5.94. The summed E-state index contributed by atoms with van der Waals surface area (Å²) in [4.78, 5) is 12.1. The van der Waals surface area contributed by atoms with Crippen LogP contribution in [-0.2, 0) is 14.8 Å². The smallest absolute Gasteiger partial charge is 0.340 e. The first-order valence-corrected chi connectivity index (χ1v) is 9.75. The van der Waals surface area contributed by atoms with Crippen molar-refractivity contribution < 1.29 is 22.7 Å². The van der Waals surface area contributed by atoms with E-state index < -0.39 is 16.0 Å². The van der Waals surface area contributed by atoms with Crippen LogP contribution in [-0.4, -0.2) is 28.1 Å². The topological polar surface area (TPSA) is 81.7 Å². The average Bonchev–Trinajstić information content (AvgIpc) is 2.61. The molecule has 0 aliphatic carbocycles. The van der Waals surface area contributed by atoms with Crippen molar-refractivity contribution in [3.63, 3.8) is 0 Å².